The molecule has 6 rings (SSSR count). The number of amides is 2. The Morgan fingerprint density at radius 3 is 1.57 bits per heavy atom. The van der Waals surface area contributed by atoms with E-state index in [1.165, 1.54) is 0 Å². The molecule has 2 aliphatic heterocycles. The molecule has 13 nitrogen and oxygen atoms in total. The summed E-state index contributed by atoms with van der Waals surface area (Å²) in [5.41, 5.74) is 1.24. The second-order valence-electron chi connectivity index (χ2n) is 16.9. The van der Waals surface area contributed by atoms with Crippen molar-refractivity contribution in [1.82, 2.24) is 19.8 Å². The lowest BCUT2D eigenvalue weighted by Crippen LogP contribution is -2.55. The molecule has 2 aromatic heterocycles. The van der Waals surface area contributed by atoms with Crippen molar-refractivity contribution in [2.24, 2.45) is 17.8 Å². The second kappa shape index (κ2) is 16.9. The fourth-order valence-electron chi connectivity index (χ4n) is 6.22. The van der Waals surface area contributed by atoms with Gasteiger partial charge in [0, 0.05) is 38.0 Å². The SMILES string of the molecule is CC(C)(C)OC(=O)N1CC[C@H]1COc1cncc([C@H]2C[C@@H]2CO)c1.CC(C)C(=O)OC[C@H]1C[C@@H]1c1cncc(OC[C@@H]2CCN2C(=O)OC(C)(C)C)c1. The molecule has 0 bridgehead atoms. The molecule has 0 radical (unpaired) electrons. The van der Waals surface area contributed by atoms with Crippen LogP contribution in [0.5, 0.6) is 11.5 Å². The number of ether oxygens (including phenoxy) is 5. The van der Waals surface area contributed by atoms with E-state index in [2.05, 4.69) is 9.97 Å². The number of pyridine rings is 2. The Hall–Kier alpha value is -4.13. The summed E-state index contributed by atoms with van der Waals surface area (Å²) < 4.78 is 27.9. The van der Waals surface area contributed by atoms with Crippen LogP contribution in [0, 0.1) is 17.8 Å². The van der Waals surface area contributed by atoms with Gasteiger partial charge in [-0.25, -0.2) is 9.59 Å². The Morgan fingerprint density at radius 1 is 0.736 bits per heavy atom. The number of esters is 1. The monoisotopic (exact) mass is 738 g/mol. The number of likely N-dealkylation sites (tertiary alicyclic amines) is 2. The fraction of sp³-hybridized carbons (Fsp3) is 0.675. The second-order valence-corrected chi connectivity index (χ2v) is 16.9. The van der Waals surface area contributed by atoms with Gasteiger partial charge in [0.1, 0.15) is 35.9 Å². The Balaban J connectivity index is 0.000000208. The zero-order valence-corrected chi connectivity index (χ0v) is 32.6. The topological polar surface area (TPSA) is 150 Å². The first kappa shape index (κ1) is 40.1. The summed E-state index contributed by atoms with van der Waals surface area (Å²) in [5.74, 6) is 2.62. The number of rotatable bonds is 12. The number of aromatic nitrogens is 2. The van der Waals surface area contributed by atoms with E-state index in [4.69, 9.17) is 23.7 Å². The molecule has 4 fully saturated rings. The van der Waals surface area contributed by atoms with Crippen molar-refractivity contribution in [1.29, 1.82) is 0 Å². The molecule has 2 aromatic rings. The zero-order chi connectivity index (χ0) is 38.5. The molecule has 4 heterocycles. The van der Waals surface area contributed by atoms with Crippen molar-refractivity contribution in [3.8, 4) is 11.5 Å². The third kappa shape index (κ3) is 11.7. The molecule has 4 aliphatic rings. The molecule has 2 saturated carbocycles. The minimum Gasteiger partial charge on any atom is -0.490 e. The van der Waals surface area contributed by atoms with Gasteiger partial charge in [-0.05, 0) is 108 Å². The first-order valence-electron chi connectivity index (χ1n) is 18.9. The molecular formula is C40H58N4O9. The van der Waals surface area contributed by atoms with Gasteiger partial charge < -0.3 is 38.6 Å². The summed E-state index contributed by atoms with van der Waals surface area (Å²) in [6.45, 7) is 17.8. The molecule has 1 N–H and O–H groups in total. The van der Waals surface area contributed by atoms with Gasteiger partial charge in [-0.2, -0.15) is 0 Å². The molecule has 0 unspecified atom stereocenters. The van der Waals surface area contributed by atoms with E-state index in [1.807, 2.05) is 79.9 Å². The third-order valence-electron chi connectivity index (χ3n) is 9.74. The number of hydrogen-bond acceptors (Lipinski definition) is 11. The van der Waals surface area contributed by atoms with E-state index in [1.54, 1.807) is 22.2 Å². The van der Waals surface area contributed by atoms with E-state index in [-0.39, 0.29) is 42.8 Å². The van der Waals surface area contributed by atoms with Crippen LogP contribution in [-0.4, -0.2) is 106 Å². The van der Waals surface area contributed by atoms with Gasteiger partial charge >= 0.3 is 18.2 Å². The molecule has 292 valence electrons. The largest absolute Gasteiger partial charge is 0.490 e. The number of nitrogens with zero attached hydrogens (tertiary/aromatic N) is 4. The molecule has 2 aliphatic carbocycles. The molecular weight excluding hydrogens is 680 g/mol. The average molecular weight is 739 g/mol. The van der Waals surface area contributed by atoms with Gasteiger partial charge in [0.25, 0.3) is 0 Å². The van der Waals surface area contributed by atoms with Gasteiger partial charge in [-0.3, -0.25) is 14.8 Å². The van der Waals surface area contributed by atoms with E-state index in [9.17, 15) is 19.5 Å². The maximum atomic E-state index is 12.2. The Bertz CT molecular complexity index is 1570. The van der Waals surface area contributed by atoms with Gasteiger partial charge in [0.2, 0.25) is 0 Å². The number of carbonyl (C=O) groups is 3. The predicted molar refractivity (Wildman–Crippen MR) is 197 cm³/mol. The summed E-state index contributed by atoms with van der Waals surface area (Å²) in [4.78, 5) is 47.9. The first-order valence-corrected chi connectivity index (χ1v) is 18.9. The van der Waals surface area contributed by atoms with Gasteiger partial charge in [0.15, 0.2) is 0 Å². The molecule has 2 amide bonds. The summed E-state index contributed by atoms with van der Waals surface area (Å²) in [7, 11) is 0. The lowest BCUT2D eigenvalue weighted by Gasteiger charge is -2.41. The van der Waals surface area contributed by atoms with Crippen LogP contribution in [0.4, 0.5) is 9.59 Å². The van der Waals surface area contributed by atoms with Gasteiger partial charge in [-0.1, -0.05) is 13.8 Å². The quantitative estimate of drug-likeness (QED) is 0.192. The standard InChI is InChI=1S/C22H32N2O5.C18H26N2O4/c1-14(2)20(25)28-12-16-9-19(16)15-8-18(11-23-10-15)27-13-17-6-7-24(17)21(26)29-22(3,4)5;1-18(2,3)24-17(22)20-5-4-14(20)11-23-15-6-12(8-19-9-15)16-7-13(16)10-21/h8,10-11,14,16-17,19H,6-7,9,12-13H2,1-5H3;6,8-9,13-14,16,21H,4-5,7,10-11H2,1-3H3/t16-,17+,19-;13-,14+,16-/m11/s1. The van der Waals surface area contributed by atoms with E-state index >= 15 is 0 Å². The van der Waals surface area contributed by atoms with Crippen LogP contribution in [0.3, 0.4) is 0 Å². The highest BCUT2D eigenvalue weighted by atomic mass is 16.6. The highest BCUT2D eigenvalue weighted by molar-refractivity contribution is 5.71. The van der Waals surface area contributed by atoms with Crippen LogP contribution in [-0.2, 0) is 19.0 Å². The zero-order valence-electron chi connectivity index (χ0n) is 32.6. The maximum absolute atomic E-state index is 12.2. The number of aliphatic hydroxyl groups is 1. The molecule has 53 heavy (non-hydrogen) atoms. The minimum absolute atomic E-state index is 0.0256. The van der Waals surface area contributed by atoms with E-state index in [0.29, 0.717) is 68.1 Å². The lowest BCUT2D eigenvalue weighted by atomic mass is 10.1. The summed E-state index contributed by atoms with van der Waals surface area (Å²) >= 11 is 0. The van der Waals surface area contributed by atoms with Crippen LogP contribution in [0.1, 0.15) is 104 Å². The lowest BCUT2D eigenvalue weighted by molar-refractivity contribution is -0.147. The predicted octanol–water partition coefficient (Wildman–Crippen LogP) is 6.34. The van der Waals surface area contributed by atoms with Crippen LogP contribution < -0.4 is 9.47 Å². The molecule has 2 saturated heterocycles. The summed E-state index contributed by atoms with van der Waals surface area (Å²) in [6.07, 6.45) is 10.3. The highest BCUT2D eigenvalue weighted by Gasteiger charge is 2.41. The molecule has 6 atom stereocenters. The summed E-state index contributed by atoms with van der Waals surface area (Å²) in [5, 5.41) is 9.18. The normalized spacial score (nSPS) is 24.5. The molecule has 13 heteroatoms. The van der Waals surface area contributed by atoms with Gasteiger partial charge in [-0.15, -0.1) is 0 Å². The number of carbonyl (C=O) groups excluding carboxylic acids is 3. The van der Waals surface area contributed by atoms with Crippen molar-refractivity contribution < 1.29 is 43.2 Å². The molecule has 0 spiro atoms. The summed E-state index contributed by atoms with van der Waals surface area (Å²) in [6, 6.07) is 4.06. The Labute approximate surface area is 313 Å². The highest BCUT2D eigenvalue weighted by Crippen LogP contribution is 2.48. The first-order chi connectivity index (χ1) is 25.0. The van der Waals surface area contributed by atoms with Crippen molar-refractivity contribution in [2.75, 3.05) is 39.5 Å². The number of hydrogen-bond donors (Lipinski definition) is 1. The van der Waals surface area contributed by atoms with E-state index < -0.39 is 11.2 Å². The third-order valence-corrected chi connectivity index (χ3v) is 9.74. The molecule has 0 aromatic carbocycles. The Kier molecular flexibility index (Phi) is 12.8. The van der Waals surface area contributed by atoms with Crippen LogP contribution >= 0.6 is 0 Å². The van der Waals surface area contributed by atoms with Crippen LogP contribution in [0.2, 0.25) is 0 Å². The van der Waals surface area contributed by atoms with Crippen molar-refractivity contribution >= 4 is 18.2 Å². The van der Waals surface area contributed by atoms with Crippen LogP contribution in [0.25, 0.3) is 0 Å². The maximum Gasteiger partial charge on any atom is 0.410 e. The van der Waals surface area contributed by atoms with Crippen LogP contribution in [0.15, 0.2) is 36.9 Å². The minimum atomic E-state index is -0.499. The number of aliphatic hydroxyl groups excluding tert-OH is 1. The smallest absolute Gasteiger partial charge is 0.410 e. The average Bonchev–Trinajstić information content (AvgIpc) is 3.97. The fourth-order valence-corrected chi connectivity index (χ4v) is 6.22. The van der Waals surface area contributed by atoms with Crippen molar-refractivity contribution in [3.05, 3.63) is 48.0 Å². The van der Waals surface area contributed by atoms with Gasteiger partial charge in [0.05, 0.1) is 37.0 Å². The van der Waals surface area contributed by atoms with E-state index in [0.717, 1.165) is 36.8 Å². The van der Waals surface area contributed by atoms with Crippen molar-refractivity contribution in [2.45, 2.75) is 116 Å². The Morgan fingerprint density at radius 2 is 1.19 bits per heavy atom. The van der Waals surface area contributed by atoms with Crippen molar-refractivity contribution in [3.63, 3.8) is 0 Å².